The molecule has 30 heavy (non-hydrogen) atoms. The first-order valence-corrected chi connectivity index (χ1v) is 10.2. The average molecular weight is 404 g/mol. The Balaban J connectivity index is 1.54. The number of para-hydroxylation sites is 1. The third-order valence-corrected chi connectivity index (χ3v) is 5.27. The van der Waals surface area contributed by atoms with Gasteiger partial charge in [-0.25, -0.2) is 14.5 Å². The van der Waals surface area contributed by atoms with E-state index in [0.717, 1.165) is 30.5 Å². The number of carbonyl (C=O) groups is 2. The van der Waals surface area contributed by atoms with Crippen molar-refractivity contribution in [3.63, 3.8) is 0 Å². The van der Waals surface area contributed by atoms with Crippen LogP contribution in [0.3, 0.4) is 0 Å². The molecule has 0 bridgehead atoms. The molecular weight excluding hydrogens is 380 g/mol. The molecule has 0 aliphatic carbocycles. The molecule has 1 atom stereocenters. The number of benzene rings is 2. The van der Waals surface area contributed by atoms with E-state index in [1.165, 1.54) is 0 Å². The molecule has 1 saturated heterocycles. The minimum absolute atomic E-state index is 0.0720. The van der Waals surface area contributed by atoms with Gasteiger partial charge in [-0.1, -0.05) is 48.5 Å². The number of carbonyl (C=O) groups excluding carboxylic acids is 2. The monoisotopic (exact) mass is 404 g/mol. The molecular formula is C23H24N4O3. The largest absolute Gasteiger partial charge is 0.450 e. The Morgan fingerprint density at radius 2 is 1.73 bits per heavy atom. The summed E-state index contributed by atoms with van der Waals surface area (Å²) in [5.74, 6) is -0.428. The van der Waals surface area contributed by atoms with Gasteiger partial charge >= 0.3 is 5.97 Å². The number of hydrogen-bond acceptors (Lipinski definition) is 5. The summed E-state index contributed by atoms with van der Waals surface area (Å²) < 4.78 is 6.87. The summed E-state index contributed by atoms with van der Waals surface area (Å²) in [4.78, 5) is 31.3. The zero-order chi connectivity index (χ0) is 20.9. The number of aromatic nitrogens is 3. The first kappa shape index (κ1) is 19.8. The van der Waals surface area contributed by atoms with Gasteiger partial charge in [0.2, 0.25) is 0 Å². The molecule has 2 aromatic carbocycles. The van der Waals surface area contributed by atoms with E-state index in [1.54, 1.807) is 9.58 Å². The SMILES string of the molecule is C[C@H]1CCCCN1C(=O)COC(=O)c1nc(-c2ccccc2)n(-c2ccccc2)n1. The summed E-state index contributed by atoms with van der Waals surface area (Å²) >= 11 is 0. The Kier molecular flexibility index (Phi) is 5.88. The molecule has 7 nitrogen and oxygen atoms in total. The van der Waals surface area contributed by atoms with Crippen LogP contribution in [0.1, 0.15) is 36.8 Å². The van der Waals surface area contributed by atoms with Crippen molar-refractivity contribution in [2.75, 3.05) is 13.2 Å². The van der Waals surface area contributed by atoms with Crippen molar-refractivity contribution in [2.24, 2.45) is 0 Å². The fourth-order valence-corrected chi connectivity index (χ4v) is 3.67. The van der Waals surface area contributed by atoms with Crippen LogP contribution >= 0.6 is 0 Å². The lowest BCUT2D eigenvalue weighted by molar-refractivity contribution is -0.137. The third kappa shape index (κ3) is 4.25. The Morgan fingerprint density at radius 3 is 2.43 bits per heavy atom. The highest BCUT2D eigenvalue weighted by atomic mass is 16.5. The molecule has 1 aliphatic rings. The van der Waals surface area contributed by atoms with Crippen LogP contribution < -0.4 is 0 Å². The standard InChI is InChI=1S/C23H24N4O3/c1-17-10-8-9-15-26(17)20(28)16-30-23(29)21-24-22(18-11-4-2-5-12-18)27(25-21)19-13-6-3-7-14-19/h2-7,11-14,17H,8-10,15-16H2,1H3/t17-/m0/s1. The van der Waals surface area contributed by atoms with Crippen molar-refractivity contribution < 1.29 is 14.3 Å². The van der Waals surface area contributed by atoms with E-state index in [0.29, 0.717) is 12.4 Å². The summed E-state index contributed by atoms with van der Waals surface area (Å²) in [5.41, 5.74) is 1.60. The van der Waals surface area contributed by atoms with E-state index < -0.39 is 5.97 Å². The number of nitrogens with zero attached hydrogens (tertiary/aromatic N) is 4. The molecule has 1 amide bonds. The van der Waals surface area contributed by atoms with Crippen molar-refractivity contribution in [1.82, 2.24) is 19.7 Å². The Labute approximate surface area is 175 Å². The maximum absolute atomic E-state index is 12.6. The molecule has 2 heterocycles. The number of ether oxygens (including phenoxy) is 1. The van der Waals surface area contributed by atoms with Gasteiger partial charge in [0.25, 0.3) is 11.7 Å². The third-order valence-electron chi connectivity index (χ3n) is 5.27. The van der Waals surface area contributed by atoms with E-state index in [9.17, 15) is 9.59 Å². The highest BCUT2D eigenvalue weighted by Gasteiger charge is 2.25. The van der Waals surface area contributed by atoms with E-state index in [2.05, 4.69) is 10.1 Å². The molecule has 0 radical (unpaired) electrons. The number of rotatable bonds is 5. The fourth-order valence-electron chi connectivity index (χ4n) is 3.67. The molecule has 154 valence electrons. The summed E-state index contributed by atoms with van der Waals surface area (Å²) in [6.45, 7) is 2.43. The van der Waals surface area contributed by atoms with E-state index >= 15 is 0 Å². The maximum atomic E-state index is 12.6. The van der Waals surface area contributed by atoms with Crippen LogP contribution in [-0.2, 0) is 9.53 Å². The van der Waals surface area contributed by atoms with Crippen LogP contribution in [0.5, 0.6) is 0 Å². The predicted octanol–water partition coefficient (Wildman–Crippen LogP) is 3.49. The van der Waals surface area contributed by atoms with Crippen LogP contribution in [0, 0.1) is 0 Å². The van der Waals surface area contributed by atoms with Gasteiger partial charge in [0.15, 0.2) is 12.4 Å². The molecule has 0 saturated carbocycles. The number of likely N-dealkylation sites (tertiary alicyclic amines) is 1. The zero-order valence-electron chi connectivity index (χ0n) is 16.9. The normalized spacial score (nSPS) is 16.3. The summed E-state index contributed by atoms with van der Waals surface area (Å²) in [6.07, 6.45) is 3.07. The zero-order valence-corrected chi connectivity index (χ0v) is 16.9. The molecule has 1 aliphatic heterocycles. The van der Waals surface area contributed by atoms with Crippen molar-refractivity contribution in [1.29, 1.82) is 0 Å². The molecule has 4 rings (SSSR count). The molecule has 3 aromatic rings. The van der Waals surface area contributed by atoms with Crippen molar-refractivity contribution in [3.8, 4) is 17.1 Å². The number of amides is 1. The molecule has 1 fully saturated rings. The Morgan fingerprint density at radius 1 is 1.03 bits per heavy atom. The van der Waals surface area contributed by atoms with Gasteiger partial charge in [-0.15, -0.1) is 5.10 Å². The van der Waals surface area contributed by atoms with Crippen molar-refractivity contribution in [3.05, 3.63) is 66.5 Å². The Bertz CT molecular complexity index is 960. The molecule has 7 heteroatoms. The predicted molar refractivity (Wildman–Crippen MR) is 112 cm³/mol. The van der Waals surface area contributed by atoms with Crippen LogP contribution in [0.4, 0.5) is 0 Å². The van der Waals surface area contributed by atoms with Crippen molar-refractivity contribution >= 4 is 11.9 Å². The fraction of sp³-hybridized carbons (Fsp3) is 0.304. The van der Waals surface area contributed by atoms with E-state index in [-0.39, 0.29) is 24.4 Å². The van der Waals surface area contributed by atoms with Crippen LogP contribution in [-0.4, -0.2) is 50.7 Å². The van der Waals surface area contributed by atoms with Crippen LogP contribution in [0.2, 0.25) is 0 Å². The molecule has 1 aromatic heterocycles. The highest BCUT2D eigenvalue weighted by molar-refractivity contribution is 5.88. The Hall–Kier alpha value is -3.48. The lowest BCUT2D eigenvalue weighted by Crippen LogP contribution is -2.44. The topological polar surface area (TPSA) is 77.3 Å². The molecule has 0 N–H and O–H groups in total. The quantitative estimate of drug-likeness (QED) is 0.609. The second-order valence-electron chi connectivity index (χ2n) is 7.38. The van der Waals surface area contributed by atoms with Crippen LogP contribution in [0.15, 0.2) is 60.7 Å². The van der Waals surface area contributed by atoms with Crippen molar-refractivity contribution in [2.45, 2.75) is 32.2 Å². The van der Waals surface area contributed by atoms with Gasteiger partial charge < -0.3 is 9.64 Å². The second-order valence-corrected chi connectivity index (χ2v) is 7.38. The lowest BCUT2D eigenvalue weighted by atomic mass is 10.0. The minimum atomic E-state index is -0.708. The van der Waals surface area contributed by atoms with Gasteiger partial charge in [-0.3, -0.25) is 4.79 Å². The summed E-state index contributed by atoms with van der Waals surface area (Å²) in [5, 5.41) is 4.37. The second kappa shape index (κ2) is 8.90. The minimum Gasteiger partial charge on any atom is -0.450 e. The first-order chi connectivity index (χ1) is 14.6. The van der Waals surface area contributed by atoms with Gasteiger partial charge in [-0.2, -0.15) is 0 Å². The van der Waals surface area contributed by atoms with E-state index in [1.807, 2.05) is 67.6 Å². The smallest absolute Gasteiger partial charge is 0.378 e. The molecule has 0 spiro atoms. The summed E-state index contributed by atoms with van der Waals surface area (Å²) in [6, 6.07) is 19.1. The molecule has 0 unspecified atom stereocenters. The number of esters is 1. The first-order valence-electron chi connectivity index (χ1n) is 10.2. The van der Waals surface area contributed by atoms with Gasteiger partial charge in [-0.05, 0) is 38.3 Å². The van der Waals surface area contributed by atoms with E-state index in [4.69, 9.17) is 4.74 Å². The highest BCUT2D eigenvalue weighted by Crippen LogP contribution is 2.21. The average Bonchev–Trinajstić information content (AvgIpc) is 3.24. The lowest BCUT2D eigenvalue weighted by Gasteiger charge is -2.33. The number of piperidine rings is 1. The maximum Gasteiger partial charge on any atom is 0.378 e. The van der Waals surface area contributed by atoms with Gasteiger partial charge in [0, 0.05) is 18.2 Å². The van der Waals surface area contributed by atoms with Gasteiger partial charge in [0.05, 0.1) is 5.69 Å². The number of hydrogen-bond donors (Lipinski definition) is 0. The summed E-state index contributed by atoms with van der Waals surface area (Å²) in [7, 11) is 0. The van der Waals surface area contributed by atoms with Crippen LogP contribution in [0.25, 0.3) is 17.1 Å². The van der Waals surface area contributed by atoms with Gasteiger partial charge in [0.1, 0.15) is 0 Å².